The van der Waals surface area contributed by atoms with E-state index in [9.17, 15) is 0 Å². The SMILES string of the molecule is N#Cc1ccccc1OCCCC[NH+]1CCOCC1. The van der Waals surface area contributed by atoms with Crippen molar-refractivity contribution in [1.82, 2.24) is 0 Å². The molecule has 0 atom stereocenters. The number of ether oxygens (including phenoxy) is 2. The van der Waals surface area contributed by atoms with E-state index in [4.69, 9.17) is 14.7 Å². The van der Waals surface area contributed by atoms with Gasteiger partial charge >= 0.3 is 0 Å². The number of quaternary nitrogens is 1. The van der Waals surface area contributed by atoms with E-state index in [0.717, 1.165) is 39.1 Å². The fourth-order valence-corrected chi connectivity index (χ4v) is 2.25. The molecule has 1 saturated heterocycles. The predicted molar refractivity (Wildman–Crippen MR) is 72.3 cm³/mol. The molecule has 1 N–H and O–H groups in total. The predicted octanol–water partition coefficient (Wildman–Crippen LogP) is 0.632. The second-order valence-electron chi connectivity index (χ2n) is 4.78. The lowest BCUT2D eigenvalue weighted by atomic mass is 10.2. The molecule has 102 valence electrons. The van der Waals surface area contributed by atoms with Crippen molar-refractivity contribution in [2.45, 2.75) is 12.8 Å². The van der Waals surface area contributed by atoms with E-state index >= 15 is 0 Å². The molecule has 0 amide bonds. The van der Waals surface area contributed by atoms with Gasteiger partial charge in [-0.1, -0.05) is 12.1 Å². The van der Waals surface area contributed by atoms with Gasteiger partial charge in [0.25, 0.3) is 0 Å². The highest BCUT2D eigenvalue weighted by molar-refractivity contribution is 5.42. The van der Waals surface area contributed by atoms with E-state index < -0.39 is 0 Å². The smallest absolute Gasteiger partial charge is 0.137 e. The maximum absolute atomic E-state index is 8.95. The van der Waals surface area contributed by atoms with E-state index in [1.165, 1.54) is 6.54 Å². The molecule has 19 heavy (non-hydrogen) atoms. The molecule has 0 saturated carbocycles. The first-order chi connectivity index (χ1) is 9.40. The van der Waals surface area contributed by atoms with Crippen LogP contribution in [0.2, 0.25) is 0 Å². The molecule has 1 aliphatic rings. The van der Waals surface area contributed by atoms with Crippen molar-refractivity contribution in [3.8, 4) is 11.8 Å². The summed E-state index contributed by atoms with van der Waals surface area (Å²) < 4.78 is 11.0. The molecule has 1 aliphatic heterocycles. The van der Waals surface area contributed by atoms with Gasteiger partial charge in [0, 0.05) is 0 Å². The summed E-state index contributed by atoms with van der Waals surface area (Å²) in [6.07, 6.45) is 2.19. The van der Waals surface area contributed by atoms with E-state index in [1.807, 2.05) is 18.2 Å². The zero-order valence-electron chi connectivity index (χ0n) is 11.2. The van der Waals surface area contributed by atoms with E-state index in [-0.39, 0.29) is 0 Å². The van der Waals surface area contributed by atoms with Crippen molar-refractivity contribution in [2.24, 2.45) is 0 Å². The lowest BCUT2D eigenvalue weighted by Crippen LogP contribution is -3.14. The number of rotatable bonds is 6. The Kier molecular flexibility index (Phi) is 5.67. The number of benzene rings is 1. The van der Waals surface area contributed by atoms with Crippen LogP contribution in [-0.2, 0) is 4.74 Å². The number of nitrogens with zero attached hydrogens (tertiary/aromatic N) is 1. The van der Waals surface area contributed by atoms with Gasteiger partial charge < -0.3 is 14.4 Å². The number of unbranched alkanes of at least 4 members (excludes halogenated alkanes) is 1. The molecule has 0 radical (unpaired) electrons. The molecule has 4 heteroatoms. The lowest BCUT2D eigenvalue weighted by Gasteiger charge is -2.23. The summed E-state index contributed by atoms with van der Waals surface area (Å²) in [4.78, 5) is 1.63. The van der Waals surface area contributed by atoms with Crippen LogP contribution >= 0.6 is 0 Å². The molecule has 1 heterocycles. The first kappa shape index (κ1) is 13.9. The van der Waals surface area contributed by atoms with Gasteiger partial charge in [0.2, 0.25) is 0 Å². The van der Waals surface area contributed by atoms with E-state index in [2.05, 4.69) is 6.07 Å². The molecule has 4 nitrogen and oxygen atoms in total. The summed E-state index contributed by atoms with van der Waals surface area (Å²) in [5, 5.41) is 8.95. The Morgan fingerprint density at radius 3 is 2.79 bits per heavy atom. The van der Waals surface area contributed by atoms with Crippen molar-refractivity contribution in [1.29, 1.82) is 5.26 Å². The van der Waals surface area contributed by atoms with Gasteiger partial charge in [-0.25, -0.2) is 0 Å². The Hall–Kier alpha value is -1.57. The molecule has 0 aliphatic carbocycles. The number of morpholine rings is 1. The Morgan fingerprint density at radius 2 is 2.00 bits per heavy atom. The van der Waals surface area contributed by atoms with Crippen LogP contribution in [0.1, 0.15) is 18.4 Å². The Balaban J connectivity index is 1.62. The lowest BCUT2D eigenvalue weighted by molar-refractivity contribution is -0.908. The summed E-state index contributed by atoms with van der Waals surface area (Å²) in [5.41, 5.74) is 0.612. The minimum Gasteiger partial charge on any atom is -0.492 e. The largest absolute Gasteiger partial charge is 0.492 e. The van der Waals surface area contributed by atoms with Crippen LogP contribution in [0.3, 0.4) is 0 Å². The summed E-state index contributed by atoms with van der Waals surface area (Å²) in [7, 11) is 0. The Labute approximate surface area is 114 Å². The molecule has 2 rings (SSSR count). The zero-order chi connectivity index (χ0) is 13.3. The van der Waals surface area contributed by atoms with Crippen molar-refractivity contribution in [3.05, 3.63) is 29.8 Å². The van der Waals surface area contributed by atoms with Crippen molar-refractivity contribution in [2.75, 3.05) is 39.5 Å². The van der Waals surface area contributed by atoms with Crippen LogP contribution < -0.4 is 9.64 Å². The molecule has 0 aromatic heterocycles. The fourth-order valence-electron chi connectivity index (χ4n) is 2.25. The second-order valence-corrected chi connectivity index (χ2v) is 4.78. The third-order valence-electron chi connectivity index (χ3n) is 3.39. The number of nitrogens with one attached hydrogen (secondary N) is 1. The molecule has 0 bridgehead atoms. The van der Waals surface area contributed by atoms with Crippen LogP contribution in [-0.4, -0.2) is 39.5 Å². The van der Waals surface area contributed by atoms with Gasteiger partial charge in [-0.2, -0.15) is 5.26 Å². The molecule has 0 spiro atoms. The van der Waals surface area contributed by atoms with Crippen molar-refractivity contribution in [3.63, 3.8) is 0 Å². The van der Waals surface area contributed by atoms with Gasteiger partial charge in [0.1, 0.15) is 24.9 Å². The molecule has 0 unspecified atom stereocenters. The minimum atomic E-state index is 0.612. The number of para-hydroxylation sites is 1. The van der Waals surface area contributed by atoms with Crippen LogP contribution in [0.5, 0.6) is 5.75 Å². The van der Waals surface area contributed by atoms with Gasteiger partial charge in [-0.15, -0.1) is 0 Å². The maximum atomic E-state index is 8.95. The summed E-state index contributed by atoms with van der Waals surface area (Å²) in [6.45, 7) is 5.90. The summed E-state index contributed by atoms with van der Waals surface area (Å²) >= 11 is 0. The quantitative estimate of drug-likeness (QED) is 0.764. The van der Waals surface area contributed by atoms with Crippen LogP contribution in [0.25, 0.3) is 0 Å². The van der Waals surface area contributed by atoms with E-state index in [1.54, 1.807) is 11.0 Å². The molecular formula is C15H21N2O2+. The standard InChI is InChI=1S/C15H20N2O2/c16-13-14-5-1-2-6-15(14)19-10-4-3-7-17-8-11-18-12-9-17/h1-2,5-6H,3-4,7-12H2/p+1. The van der Waals surface area contributed by atoms with Crippen LogP contribution in [0, 0.1) is 11.3 Å². The van der Waals surface area contributed by atoms with E-state index in [0.29, 0.717) is 17.9 Å². The second kappa shape index (κ2) is 7.78. The first-order valence-corrected chi connectivity index (χ1v) is 6.93. The van der Waals surface area contributed by atoms with Crippen molar-refractivity contribution < 1.29 is 14.4 Å². The Bertz CT molecular complexity index is 422. The highest BCUT2D eigenvalue weighted by Crippen LogP contribution is 2.16. The fraction of sp³-hybridized carbons (Fsp3) is 0.533. The zero-order valence-corrected chi connectivity index (χ0v) is 11.2. The number of nitriles is 1. The van der Waals surface area contributed by atoms with Gasteiger partial charge in [0.05, 0.1) is 31.9 Å². The monoisotopic (exact) mass is 261 g/mol. The topological polar surface area (TPSA) is 46.7 Å². The molecule has 1 fully saturated rings. The maximum Gasteiger partial charge on any atom is 0.137 e. The number of hydrogen-bond acceptors (Lipinski definition) is 3. The minimum absolute atomic E-state index is 0.612. The van der Waals surface area contributed by atoms with Gasteiger partial charge in [-0.3, -0.25) is 0 Å². The molecular weight excluding hydrogens is 240 g/mol. The van der Waals surface area contributed by atoms with Crippen LogP contribution in [0.4, 0.5) is 0 Å². The Morgan fingerprint density at radius 1 is 1.21 bits per heavy atom. The summed E-state index contributed by atoms with van der Waals surface area (Å²) in [6, 6.07) is 9.53. The average molecular weight is 261 g/mol. The third-order valence-corrected chi connectivity index (χ3v) is 3.39. The van der Waals surface area contributed by atoms with Gasteiger partial charge in [-0.05, 0) is 25.0 Å². The van der Waals surface area contributed by atoms with Crippen LogP contribution in [0.15, 0.2) is 24.3 Å². The average Bonchev–Trinajstić information content (AvgIpc) is 2.48. The molecule has 1 aromatic carbocycles. The first-order valence-electron chi connectivity index (χ1n) is 6.93. The molecule has 1 aromatic rings. The highest BCUT2D eigenvalue weighted by Gasteiger charge is 2.12. The normalized spacial score (nSPS) is 15.9. The van der Waals surface area contributed by atoms with Crippen molar-refractivity contribution >= 4 is 0 Å². The third kappa shape index (κ3) is 4.55. The highest BCUT2D eigenvalue weighted by atomic mass is 16.5. The number of hydrogen-bond donors (Lipinski definition) is 1. The van der Waals surface area contributed by atoms with Gasteiger partial charge in [0.15, 0.2) is 0 Å². The summed E-state index contributed by atoms with van der Waals surface area (Å²) in [5.74, 6) is 0.698.